The second-order valence-electron chi connectivity index (χ2n) is 5.06. The summed E-state index contributed by atoms with van der Waals surface area (Å²) < 4.78 is 13.0. The molecule has 0 heterocycles. The molecule has 1 aromatic rings. The molecule has 16 heavy (non-hydrogen) atoms. The predicted molar refractivity (Wildman–Crippen MR) is 63.5 cm³/mol. The number of nitrogens with two attached hydrogens (primary N) is 1. The highest BCUT2D eigenvalue weighted by atomic mass is 19.1. The van der Waals surface area contributed by atoms with E-state index in [9.17, 15) is 9.18 Å². The van der Waals surface area contributed by atoms with Crippen molar-refractivity contribution in [2.75, 3.05) is 11.1 Å². The highest BCUT2D eigenvalue weighted by Gasteiger charge is 2.16. The normalized spacial score (nSPS) is 11.2. The van der Waals surface area contributed by atoms with E-state index < -0.39 is 5.82 Å². The Bertz CT molecular complexity index is 376. The van der Waals surface area contributed by atoms with Crippen molar-refractivity contribution in [3.8, 4) is 0 Å². The van der Waals surface area contributed by atoms with E-state index in [1.807, 2.05) is 20.8 Å². The van der Waals surface area contributed by atoms with Crippen LogP contribution in [0.5, 0.6) is 0 Å². The van der Waals surface area contributed by atoms with Crippen LogP contribution in [-0.4, -0.2) is 5.91 Å². The zero-order valence-electron chi connectivity index (χ0n) is 9.80. The number of carbonyl (C=O) groups excluding carboxylic acids is 1. The summed E-state index contributed by atoms with van der Waals surface area (Å²) in [6.07, 6.45) is 0.378. The minimum Gasteiger partial charge on any atom is -0.399 e. The van der Waals surface area contributed by atoms with Crippen LogP contribution in [-0.2, 0) is 4.79 Å². The SMILES string of the molecule is CC(C)(C)CC(=O)Nc1cc(N)cc(F)c1. The van der Waals surface area contributed by atoms with Gasteiger partial charge in [-0.15, -0.1) is 0 Å². The number of nitrogens with one attached hydrogen (secondary N) is 1. The predicted octanol–water partition coefficient (Wildman–Crippen LogP) is 2.78. The Labute approximate surface area is 94.8 Å². The third-order valence-corrected chi connectivity index (χ3v) is 1.89. The average molecular weight is 224 g/mol. The molecule has 0 fully saturated rings. The summed E-state index contributed by atoms with van der Waals surface area (Å²) in [7, 11) is 0. The van der Waals surface area contributed by atoms with E-state index in [0.29, 0.717) is 17.8 Å². The van der Waals surface area contributed by atoms with Gasteiger partial charge in [0.25, 0.3) is 0 Å². The van der Waals surface area contributed by atoms with Gasteiger partial charge in [-0.2, -0.15) is 0 Å². The number of anilines is 2. The van der Waals surface area contributed by atoms with E-state index in [0.717, 1.165) is 0 Å². The molecule has 88 valence electrons. The third-order valence-electron chi connectivity index (χ3n) is 1.89. The Morgan fingerprint density at radius 2 is 2.00 bits per heavy atom. The maximum Gasteiger partial charge on any atom is 0.224 e. The standard InChI is InChI=1S/C12H17FN2O/c1-12(2,3)7-11(16)15-10-5-8(13)4-9(14)6-10/h4-6H,7,14H2,1-3H3,(H,15,16). The second kappa shape index (κ2) is 4.51. The van der Waals surface area contributed by atoms with Gasteiger partial charge in [0.05, 0.1) is 0 Å². The number of nitrogen functional groups attached to an aromatic ring is 1. The van der Waals surface area contributed by atoms with Gasteiger partial charge in [-0.05, 0) is 23.6 Å². The van der Waals surface area contributed by atoms with Gasteiger partial charge in [0.15, 0.2) is 0 Å². The van der Waals surface area contributed by atoms with E-state index >= 15 is 0 Å². The fraction of sp³-hybridized carbons (Fsp3) is 0.417. The summed E-state index contributed by atoms with van der Waals surface area (Å²) in [5.41, 5.74) is 6.07. The van der Waals surface area contributed by atoms with Crippen molar-refractivity contribution in [3.63, 3.8) is 0 Å². The summed E-state index contributed by atoms with van der Waals surface area (Å²) in [5, 5.41) is 2.62. The zero-order chi connectivity index (χ0) is 12.3. The first kappa shape index (κ1) is 12.5. The molecular weight excluding hydrogens is 207 g/mol. The average Bonchev–Trinajstić information content (AvgIpc) is 1.96. The maximum absolute atomic E-state index is 13.0. The van der Waals surface area contributed by atoms with E-state index in [1.165, 1.54) is 18.2 Å². The van der Waals surface area contributed by atoms with Crippen LogP contribution >= 0.6 is 0 Å². The Kier molecular flexibility index (Phi) is 3.52. The second-order valence-corrected chi connectivity index (χ2v) is 5.06. The molecule has 1 aromatic carbocycles. The summed E-state index contributed by atoms with van der Waals surface area (Å²) in [6, 6.07) is 3.99. The van der Waals surface area contributed by atoms with Crippen LogP contribution in [0.1, 0.15) is 27.2 Å². The van der Waals surface area contributed by atoms with Crippen LogP contribution in [0, 0.1) is 11.2 Å². The van der Waals surface area contributed by atoms with Gasteiger partial charge in [0.2, 0.25) is 5.91 Å². The maximum atomic E-state index is 13.0. The lowest BCUT2D eigenvalue weighted by atomic mass is 9.92. The Morgan fingerprint density at radius 1 is 1.38 bits per heavy atom. The molecule has 0 saturated heterocycles. The van der Waals surface area contributed by atoms with Crippen LogP contribution in [0.3, 0.4) is 0 Å². The zero-order valence-corrected chi connectivity index (χ0v) is 9.80. The Hall–Kier alpha value is -1.58. The van der Waals surface area contributed by atoms with Gasteiger partial charge >= 0.3 is 0 Å². The smallest absolute Gasteiger partial charge is 0.224 e. The van der Waals surface area contributed by atoms with Gasteiger partial charge in [-0.25, -0.2) is 4.39 Å². The fourth-order valence-electron chi connectivity index (χ4n) is 1.37. The molecule has 0 aliphatic heterocycles. The molecule has 4 heteroatoms. The first-order valence-corrected chi connectivity index (χ1v) is 5.12. The van der Waals surface area contributed by atoms with Crippen molar-refractivity contribution in [1.82, 2.24) is 0 Å². The van der Waals surface area contributed by atoms with Crippen molar-refractivity contribution in [3.05, 3.63) is 24.0 Å². The minimum absolute atomic E-state index is 0.0943. The van der Waals surface area contributed by atoms with Crippen LogP contribution < -0.4 is 11.1 Å². The largest absolute Gasteiger partial charge is 0.399 e. The van der Waals surface area contributed by atoms with Crippen LogP contribution in [0.4, 0.5) is 15.8 Å². The lowest BCUT2D eigenvalue weighted by Gasteiger charge is -2.17. The van der Waals surface area contributed by atoms with E-state index in [2.05, 4.69) is 5.32 Å². The lowest BCUT2D eigenvalue weighted by molar-refractivity contribution is -0.117. The van der Waals surface area contributed by atoms with Crippen LogP contribution in [0.2, 0.25) is 0 Å². The van der Waals surface area contributed by atoms with E-state index in [4.69, 9.17) is 5.73 Å². The number of amides is 1. The number of benzene rings is 1. The van der Waals surface area contributed by atoms with Crippen molar-refractivity contribution in [1.29, 1.82) is 0 Å². The molecule has 3 nitrogen and oxygen atoms in total. The molecule has 0 spiro atoms. The molecule has 0 saturated carbocycles. The lowest BCUT2D eigenvalue weighted by Crippen LogP contribution is -2.19. The van der Waals surface area contributed by atoms with E-state index in [-0.39, 0.29) is 11.3 Å². The minimum atomic E-state index is -0.453. The van der Waals surface area contributed by atoms with Gasteiger partial charge < -0.3 is 11.1 Å². The number of hydrogen-bond acceptors (Lipinski definition) is 2. The Balaban J connectivity index is 2.70. The number of rotatable bonds is 2. The quantitative estimate of drug-likeness (QED) is 0.759. The van der Waals surface area contributed by atoms with Crippen LogP contribution in [0.25, 0.3) is 0 Å². The molecule has 0 bridgehead atoms. The fourth-order valence-corrected chi connectivity index (χ4v) is 1.37. The topological polar surface area (TPSA) is 55.1 Å². The molecule has 0 aromatic heterocycles. The van der Waals surface area contributed by atoms with Gasteiger partial charge in [0, 0.05) is 17.8 Å². The highest BCUT2D eigenvalue weighted by Crippen LogP contribution is 2.21. The number of halogens is 1. The van der Waals surface area contributed by atoms with Crippen molar-refractivity contribution >= 4 is 17.3 Å². The molecule has 0 atom stereocenters. The summed E-state index contributed by atoms with van der Waals surface area (Å²) in [6.45, 7) is 5.89. The number of hydrogen-bond donors (Lipinski definition) is 2. The van der Waals surface area contributed by atoms with Crippen molar-refractivity contribution in [2.24, 2.45) is 5.41 Å². The number of carbonyl (C=O) groups is 1. The molecule has 0 unspecified atom stereocenters. The third kappa shape index (κ3) is 4.29. The molecule has 0 aliphatic carbocycles. The van der Waals surface area contributed by atoms with Crippen molar-refractivity contribution in [2.45, 2.75) is 27.2 Å². The van der Waals surface area contributed by atoms with Gasteiger partial charge in [-0.3, -0.25) is 4.79 Å². The molecule has 3 N–H and O–H groups in total. The highest BCUT2D eigenvalue weighted by molar-refractivity contribution is 5.91. The molecule has 0 radical (unpaired) electrons. The summed E-state index contributed by atoms with van der Waals surface area (Å²) in [4.78, 5) is 11.6. The Morgan fingerprint density at radius 3 is 2.50 bits per heavy atom. The summed E-state index contributed by atoms with van der Waals surface area (Å²) >= 11 is 0. The van der Waals surface area contributed by atoms with Gasteiger partial charge in [0.1, 0.15) is 5.82 Å². The molecule has 1 rings (SSSR count). The molecular formula is C12H17FN2O. The molecule has 0 aliphatic rings. The first-order valence-electron chi connectivity index (χ1n) is 5.12. The van der Waals surface area contributed by atoms with E-state index in [1.54, 1.807) is 0 Å². The first-order chi connectivity index (χ1) is 7.26. The summed E-state index contributed by atoms with van der Waals surface area (Å²) in [5.74, 6) is -0.594. The molecule has 1 amide bonds. The van der Waals surface area contributed by atoms with Gasteiger partial charge in [-0.1, -0.05) is 20.8 Å². The van der Waals surface area contributed by atoms with Crippen LogP contribution in [0.15, 0.2) is 18.2 Å². The monoisotopic (exact) mass is 224 g/mol. The van der Waals surface area contributed by atoms with Crippen molar-refractivity contribution < 1.29 is 9.18 Å².